The number of esters is 1. The minimum atomic E-state index is -0.616. The van der Waals surface area contributed by atoms with Crippen molar-refractivity contribution < 1.29 is 14.6 Å². The second-order valence-electron chi connectivity index (χ2n) is 5.32. The molecular weight excluding hydrogens is 262 g/mol. The van der Waals surface area contributed by atoms with Crippen LogP contribution in [-0.2, 0) is 16.0 Å². The number of aliphatic hydroxyl groups is 1. The summed E-state index contributed by atoms with van der Waals surface area (Å²) in [5.74, 6) is -0.193. The van der Waals surface area contributed by atoms with Gasteiger partial charge in [0.2, 0.25) is 0 Å². The first-order valence-electron chi connectivity index (χ1n) is 6.45. The largest absolute Gasteiger partial charge is 0.512 e. The first kappa shape index (κ1) is 14.1. The number of carbonyl (C=O) groups excluding carboxylic acids is 1. The Morgan fingerprint density at radius 1 is 1.58 bits per heavy atom. The molecule has 1 aromatic heterocycles. The molecule has 4 nitrogen and oxygen atoms in total. The van der Waals surface area contributed by atoms with Crippen LogP contribution in [0.1, 0.15) is 36.6 Å². The molecule has 0 spiro atoms. The van der Waals surface area contributed by atoms with Gasteiger partial charge in [0.05, 0.1) is 11.1 Å². The lowest BCUT2D eigenvalue weighted by Crippen LogP contribution is -2.43. The smallest absolute Gasteiger partial charge is 0.334 e. The Labute approximate surface area is 117 Å². The van der Waals surface area contributed by atoms with E-state index in [1.165, 1.54) is 4.88 Å². The number of hydrogen-bond donors (Lipinski definition) is 1. The van der Waals surface area contributed by atoms with Crippen LogP contribution in [0.3, 0.4) is 0 Å². The zero-order valence-electron chi connectivity index (χ0n) is 11.5. The molecule has 0 aliphatic carbocycles. The van der Waals surface area contributed by atoms with Gasteiger partial charge < -0.3 is 9.84 Å². The molecule has 0 amide bonds. The van der Waals surface area contributed by atoms with Gasteiger partial charge in [0.25, 0.3) is 0 Å². The van der Waals surface area contributed by atoms with Crippen LogP contribution in [0.5, 0.6) is 0 Å². The summed E-state index contributed by atoms with van der Waals surface area (Å²) >= 11 is 1.66. The molecule has 1 atom stereocenters. The highest BCUT2D eigenvalue weighted by atomic mass is 32.1. The van der Waals surface area contributed by atoms with E-state index in [4.69, 9.17) is 4.74 Å². The third kappa shape index (κ3) is 3.15. The van der Waals surface area contributed by atoms with Crippen molar-refractivity contribution in [1.29, 1.82) is 0 Å². The Morgan fingerprint density at radius 3 is 2.84 bits per heavy atom. The van der Waals surface area contributed by atoms with Crippen molar-refractivity contribution in [2.24, 2.45) is 5.92 Å². The lowest BCUT2D eigenvalue weighted by Gasteiger charge is -2.38. The van der Waals surface area contributed by atoms with E-state index >= 15 is 0 Å². The van der Waals surface area contributed by atoms with Crippen LogP contribution in [0.4, 0.5) is 0 Å². The maximum absolute atomic E-state index is 11.5. The van der Waals surface area contributed by atoms with Crippen molar-refractivity contribution in [1.82, 2.24) is 4.98 Å². The molecule has 0 fully saturated rings. The number of aryl methyl sites for hydroxylation is 2. The van der Waals surface area contributed by atoms with E-state index in [0.29, 0.717) is 12.8 Å². The molecule has 0 radical (unpaired) electrons. The molecule has 19 heavy (non-hydrogen) atoms. The zero-order valence-corrected chi connectivity index (χ0v) is 12.3. The maximum atomic E-state index is 11.5. The van der Waals surface area contributed by atoms with Crippen LogP contribution in [0.25, 0.3) is 0 Å². The molecule has 1 N–H and O–H groups in total. The Kier molecular flexibility index (Phi) is 3.94. The van der Waals surface area contributed by atoms with E-state index in [1.807, 2.05) is 27.0 Å². The molecule has 1 aliphatic rings. The van der Waals surface area contributed by atoms with Crippen molar-refractivity contribution in [2.75, 3.05) is 0 Å². The van der Waals surface area contributed by atoms with Crippen LogP contribution in [-0.4, -0.2) is 21.7 Å². The number of rotatable bonds is 4. The molecule has 2 rings (SSSR count). The normalized spacial score (nSPS) is 23.4. The van der Waals surface area contributed by atoms with Crippen molar-refractivity contribution in [3.63, 3.8) is 0 Å². The predicted octanol–water partition coefficient (Wildman–Crippen LogP) is 3.17. The van der Waals surface area contributed by atoms with E-state index in [-0.39, 0.29) is 11.7 Å². The van der Waals surface area contributed by atoms with Crippen LogP contribution >= 0.6 is 11.3 Å². The van der Waals surface area contributed by atoms with Gasteiger partial charge in [-0.1, -0.05) is 13.8 Å². The first-order valence-corrected chi connectivity index (χ1v) is 7.27. The summed E-state index contributed by atoms with van der Waals surface area (Å²) in [5.41, 5.74) is -0.616. The van der Waals surface area contributed by atoms with E-state index in [9.17, 15) is 9.90 Å². The van der Waals surface area contributed by atoms with Gasteiger partial charge in [0.15, 0.2) is 0 Å². The summed E-state index contributed by atoms with van der Waals surface area (Å²) in [6.45, 7) is 6.05. The Bertz CT molecular complexity index is 507. The van der Waals surface area contributed by atoms with Crippen LogP contribution in [0.15, 0.2) is 18.0 Å². The molecule has 2 heterocycles. The Balaban J connectivity index is 2.12. The molecule has 0 saturated carbocycles. The number of aromatic nitrogens is 1. The van der Waals surface area contributed by atoms with Gasteiger partial charge >= 0.3 is 5.97 Å². The van der Waals surface area contributed by atoms with E-state index in [1.54, 1.807) is 11.3 Å². The van der Waals surface area contributed by atoms with Crippen LogP contribution < -0.4 is 0 Å². The molecule has 0 bridgehead atoms. The summed E-state index contributed by atoms with van der Waals surface area (Å²) in [6.07, 6.45) is 4.85. The van der Waals surface area contributed by atoms with Gasteiger partial charge in [0, 0.05) is 23.9 Å². The Morgan fingerprint density at radius 2 is 2.32 bits per heavy atom. The topological polar surface area (TPSA) is 59.4 Å². The fourth-order valence-corrected chi connectivity index (χ4v) is 3.13. The first-order chi connectivity index (χ1) is 8.91. The van der Waals surface area contributed by atoms with Gasteiger partial charge in [0.1, 0.15) is 11.4 Å². The second-order valence-corrected chi connectivity index (χ2v) is 6.64. The fraction of sp³-hybridized carbons (Fsp3) is 0.571. The van der Waals surface area contributed by atoms with E-state index in [2.05, 4.69) is 4.98 Å². The molecule has 0 saturated heterocycles. The lowest BCUT2D eigenvalue weighted by molar-refractivity contribution is -0.163. The summed E-state index contributed by atoms with van der Waals surface area (Å²) in [7, 11) is 0. The van der Waals surface area contributed by atoms with Gasteiger partial charge in [-0.2, -0.15) is 0 Å². The summed E-state index contributed by atoms with van der Waals surface area (Å²) < 4.78 is 5.54. The zero-order chi connectivity index (χ0) is 14.0. The van der Waals surface area contributed by atoms with Crippen LogP contribution in [0, 0.1) is 12.8 Å². The number of ether oxygens (including phenoxy) is 1. The summed E-state index contributed by atoms with van der Waals surface area (Å²) in [5, 5.41) is 10.8. The Hall–Kier alpha value is -1.36. The quantitative estimate of drug-likeness (QED) is 0.861. The third-order valence-electron chi connectivity index (χ3n) is 3.55. The third-order valence-corrected chi connectivity index (χ3v) is 4.52. The maximum Gasteiger partial charge on any atom is 0.334 e. The van der Waals surface area contributed by atoms with Gasteiger partial charge in [-0.05, 0) is 19.3 Å². The summed E-state index contributed by atoms with van der Waals surface area (Å²) in [4.78, 5) is 17.0. The standard InChI is InChI=1S/C14H19NO3S/c1-9(2)14(7-11(16)6-13(17)18-14)5-4-12-15-8-10(3)19-12/h6,8-9,16H,4-5,7H2,1-3H3. The van der Waals surface area contributed by atoms with Gasteiger partial charge in [-0.25, -0.2) is 9.78 Å². The SMILES string of the molecule is Cc1cnc(CCC2(C(C)C)CC(O)=CC(=O)O2)s1. The molecular formula is C14H19NO3S. The average molecular weight is 281 g/mol. The van der Waals surface area contributed by atoms with Crippen molar-refractivity contribution >= 4 is 17.3 Å². The van der Waals surface area contributed by atoms with E-state index < -0.39 is 11.6 Å². The number of aliphatic hydroxyl groups excluding tert-OH is 1. The highest BCUT2D eigenvalue weighted by Gasteiger charge is 2.41. The molecule has 5 heteroatoms. The number of thiazole rings is 1. The highest BCUT2D eigenvalue weighted by molar-refractivity contribution is 7.11. The molecule has 1 aromatic rings. The minimum absolute atomic E-state index is 0.111. The molecule has 104 valence electrons. The lowest BCUT2D eigenvalue weighted by atomic mass is 9.81. The monoisotopic (exact) mass is 281 g/mol. The fourth-order valence-electron chi connectivity index (χ4n) is 2.35. The second kappa shape index (κ2) is 5.33. The number of carbonyl (C=O) groups is 1. The number of cyclic esters (lactones) is 1. The number of nitrogens with zero attached hydrogens (tertiary/aromatic N) is 1. The van der Waals surface area contributed by atoms with Crippen molar-refractivity contribution in [3.8, 4) is 0 Å². The van der Waals surface area contributed by atoms with Gasteiger partial charge in [-0.3, -0.25) is 0 Å². The van der Waals surface area contributed by atoms with Crippen molar-refractivity contribution in [2.45, 2.75) is 45.6 Å². The molecule has 0 aromatic carbocycles. The average Bonchev–Trinajstić information content (AvgIpc) is 2.71. The van der Waals surface area contributed by atoms with Gasteiger partial charge in [-0.15, -0.1) is 11.3 Å². The van der Waals surface area contributed by atoms with E-state index in [0.717, 1.165) is 17.5 Å². The predicted molar refractivity (Wildman–Crippen MR) is 74.2 cm³/mol. The minimum Gasteiger partial charge on any atom is -0.512 e. The van der Waals surface area contributed by atoms with Crippen LogP contribution in [0.2, 0.25) is 0 Å². The van der Waals surface area contributed by atoms with Crippen molar-refractivity contribution in [3.05, 3.63) is 27.9 Å². The molecule has 1 unspecified atom stereocenters. The molecule has 1 aliphatic heterocycles. The summed E-state index contributed by atoms with van der Waals surface area (Å²) in [6, 6.07) is 0. The number of hydrogen-bond acceptors (Lipinski definition) is 5. The highest BCUT2D eigenvalue weighted by Crippen LogP contribution is 2.36.